The minimum absolute atomic E-state index is 1.05. The minimum Gasteiger partial charge on any atom is -0.479 e. The van der Waals surface area contributed by atoms with Crippen LogP contribution in [0.5, 0.6) is 0 Å². The molecule has 0 aliphatic carbocycles. The van der Waals surface area contributed by atoms with Gasteiger partial charge in [-0.15, -0.1) is 0 Å². The zero-order chi connectivity index (χ0) is 9.80. The summed E-state index contributed by atoms with van der Waals surface area (Å²) in [4.78, 5) is 0. The minimum atomic E-state index is 1.05. The quantitative estimate of drug-likeness (QED) is 0.701. The van der Waals surface area contributed by atoms with Gasteiger partial charge >= 0.3 is 0 Å². The Labute approximate surface area is 84.8 Å². The molecule has 14 heavy (non-hydrogen) atoms. The summed E-state index contributed by atoms with van der Waals surface area (Å²) >= 11 is 0. The van der Waals surface area contributed by atoms with Crippen molar-refractivity contribution in [2.24, 2.45) is 0 Å². The van der Waals surface area contributed by atoms with E-state index in [9.17, 15) is 0 Å². The maximum absolute atomic E-state index is 3.74. The first-order valence-electron chi connectivity index (χ1n) is 4.99. The Kier molecular flexibility index (Phi) is 2.80. The Morgan fingerprint density at radius 2 is 1.79 bits per heavy atom. The van der Waals surface area contributed by atoms with Gasteiger partial charge in [-0.2, -0.15) is 7.05 Å². The smallest absolute Gasteiger partial charge is 0.0556 e. The van der Waals surface area contributed by atoms with Gasteiger partial charge in [-0.25, -0.2) is 0 Å². The number of rotatable bonds is 3. The second-order valence-electron chi connectivity index (χ2n) is 3.51. The standard InChI is InChI=1S/C13H15N/c1-14-9-8-11-6-7-12-4-2-3-5-13(12)10-11/h2-7,10H,1,8-9,14H2. The van der Waals surface area contributed by atoms with E-state index in [0.717, 1.165) is 13.0 Å². The van der Waals surface area contributed by atoms with Crippen LogP contribution in [0, 0.1) is 7.05 Å². The molecule has 0 atom stereocenters. The number of nitrogens with two attached hydrogens (primary N) is 1. The van der Waals surface area contributed by atoms with Crippen molar-refractivity contribution in [1.82, 2.24) is 0 Å². The molecule has 2 aromatic carbocycles. The predicted octanol–water partition coefficient (Wildman–Crippen LogP) is 1.74. The predicted molar refractivity (Wildman–Crippen MR) is 59.8 cm³/mol. The van der Waals surface area contributed by atoms with Crippen molar-refractivity contribution in [3.05, 3.63) is 55.1 Å². The summed E-state index contributed by atoms with van der Waals surface area (Å²) in [5.41, 5.74) is 1.39. The molecule has 0 bridgehead atoms. The van der Waals surface area contributed by atoms with Gasteiger partial charge in [0, 0.05) is 6.42 Å². The third-order valence-corrected chi connectivity index (χ3v) is 2.45. The largest absolute Gasteiger partial charge is 0.479 e. The fraction of sp³-hybridized carbons (Fsp3) is 0.154. The van der Waals surface area contributed by atoms with Crippen LogP contribution in [0.4, 0.5) is 0 Å². The molecular weight excluding hydrogens is 170 g/mol. The Bertz CT molecular complexity index is 420. The van der Waals surface area contributed by atoms with Crippen LogP contribution < -0.4 is 5.32 Å². The number of quaternary nitrogens is 1. The molecule has 2 N–H and O–H groups in total. The van der Waals surface area contributed by atoms with E-state index in [1.165, 1.54) is 16.3 Å². The number of hydrogen-bond donors (Lipinski definition) is 1. The second kappa shape index (κ2) is 4.25. The van der Waals surface area contributed by atoms with Gasteiger partial charge in [-0.05, 0) is 16.3 Å². The highest BCUT2D eigenvalue weighted by Crippen LogP contribution is 2.15. The van der Waals surface area contributed by atoms with Crippen molar-refractivity contribution in [3.63, 3.8) is 0 Å². The molecule has 2 aromatic rings. The van der Waals surface area contributed by atoms with Crippen molar-refractivity contribution in [1.29, 1.82) is 0 Å². The van der Waals surface area contributed by atoms with Crippen molar-refractivity contribution < 1.29 is 5.32 Å². The Hall–Kier alpha value is -1.34. The van der Waals surface area contributed by atoms with Crippen LogP contribution in [0.1, 0.15) is 5.56 Å². The van der Waals surface area contributed by atoms with Crippen molar-refractivity contribution in [2.75, 3.05) is 6.54 Å². The summed E-state index contributed by atoms with van der Waals surface area (Å²) < 4.78 is 0. The molecular formula is C13H15N. The van der Waals surface area contributed by atoms with Gasteiger partial charge in [-0.1, -0.05) is 42.5 Å². The zero-order valence-corrected chi connectivity index (χ0v) is 8.24. The topological polar surface area (TPSA) is 16.6 Å². The van der Waals surface area contributed by atoms with Crippen LogP contribution in [0.2, 0.25) is 0 Å². The Morgan fingerprint density at radius 3 is 2.57 bits per heavy atom. The lowest BCUT2D eigenvalue weighted by molar-refractivity contribution is -0.594. The van der Waals surface area contributed by atoms with E-state index in [2.05, 4.69) is 49.5 Å². The molecule has 0 heterocycles. The highest BCUT2D eigenvalue weighted by Gasteiger charge is 1.95. The third kappa shape index (κ3) is 1.94. The molecule has 0 radical (unpaired) electrons. The van der Waals surface area contributed by atoms with Gasteiger partial charge in [0.1, 0.15) is 0 Å². The molecule has 0 amide bonds. The molecule has 0 saturated heterocycles. The molecule has 2 rings (SSSR count). The monoisotopic (exact) mass is 185 g/mol. The van der Waals surface area contributed by atoms with Gasteiger partial charge in [0.05, 0.1) is 6.54 Å². The maximum Gasteiger partial charge on any atom is 0.0556 e. The van der Waals surface area contributed by atoms with Crippen LogP contribution in [-0.4, -0.2) is 6.54 Å². The van der Waals surface area contributed by atoms with Gasteiger partial charge in [0.15, 0.2) is 0 Å². The van der Waals surface area contributed by atoms with E-state index < -0.39 is 0 Å². The normalized spacial score (nSPS) is 10.6. The first-order valence-corrected chi connectivity index (χ1v) is 4.99. The molecule has 0 spiro atoms. The van der Waals surface area contributed by atoms with Gasteiger partial charge < -0.3 is 5.32 Å². The average Bonchev–Trinajstić information content (AvgIpc) is 2.26. The second-order valence-corrected chi connectivity index (χ2v) is 3.51. The molecule has 1 nitrogen and oxygen atoms in total. The van der Waals surface area contributed by atoms with Crippen molar-refractivity contribution in [2.45, 2.75) is 6.42 Å². The highest BCUT2D eigenvalue weighted by atomic mass is 14.8. The summed E-state index contributed by atoms with van der Waals surface area (Å²) in [6.45, 7) is 1.05. The number of hydrogen-bond acceptors (Lipinski definition) is 0. The lowest BCUT2D eigenvalue weighted by atomic mass is 10.1. The van der Waals surface area contributed by atoms with E-state index in [1.54, 1.807) is 0 Å². The fourth-order valence-corrected chi connectivity index (χ4v) is 1.66. The first kappa shape index (κ1) is 9.22. The van der Waals surface area contributed by atoms with E-state index in [0.29, 0.717) is 0 Å². The van der Waals surface area contributed by atoms with Crippen LogP contribution in [-0.2, 0) is 6.42 Å². The number of benzene rings is 2. The van der Waals surface area contributed by atoms with Gasteiger partial charge in [0.2, 0.25) is 0 Å². The first-order chi connectivity index (χ1) is 6.90. The van der Waals surface area contributed by atoms with E-state index >= 15 is 0 Å². The molecule has 0 unspecified atom stereocenters. The lowest BCUT2D eigenvalue weighted by Crippen LogP contribution is -2.77. The molecule has 72 valence electrons. The van der Waals surface area contributed by atoms with E-state index in [1.807, 2.05) is 5.32 Å². The zero-order valence-electron chi connectivity index (χ0n) is 8.24. The van der Waals surface area contributed by atoms with Crippen molar-refractivity contribution >= 4 is 10.8 Å². The SMILES string of the molecule is [CH2-][NH2+]CCc1ccc2ccccc2c1. The average molecular weight is 185 g/mol. The summed E-state index contributed by atoms with van der Waals surface area (Å²) in [6.07, 6.45) is 1.09. The molecule has 0 aliphatic rings. The highest BCUT2D eigenvalue weighted by molar-refractivity contribution is 5.82. The van der Waals surface area contributed by atoms with Crippen molar-refractivity contribution in [3.8, 4) is 0 Å². The molecule has 0 fully saturated rings. The summed E-state index contributed by atoms with van der Waals surface area (Å²) in [5.74, 6) is 0. The Morgan fingerprint density at radius 1 is 1.00 bits per heavy atom. The molecule has 0 aromatic heterocycles. The summed E-state index contributed by atoms with van der Waals surface area (Å²) in [7, 11) is 3.74. The lowest BCUT2D eigenvalue weighted by Gasteiger charge is -2.03. The summed E-state index contributed by atoms with van der Waals surface area (Å²) in [6, 6.07) is 15.1. The molecule has 1 heteroatoms. The third-order valence-electron chi connectivity index (χ3n) is 2.45. The van der Waals surface area contributed by atoms with Gasteiger partial charge in [-0.3, -0.25) is 0 Å². The Balaban J connectivity index is 2.32. The summed E-state index contributed by atoms with van der Waals surface area (Å²) in [5, 5.41) is 4.61. The van der Waals surface area contributed by atoms with E-state index in [4.69, 9.17) is 0 Å². The van der Waals surface area contributed by atoms with E-state index in [-0.39, 0.29) is 0 Å². The number of fused-ring (bicyclic) bond motifs is 1. The van der Waals surface area contributed by atoms with Crippen LogP contribution >= 0.6 is 0 Å². The van der Waals surface area contributed by atoms with Crippen LogP contribution in [0.3, 0.4) is 0 Å². The molecule has 0 saturated carbocycles. The molecule has 0 aliphatic heterocycles. The fourth-order valence-electron chi connectivity index (χ4n) is 1.66. The van der Waals surface area contributed by atoms with Gasteiger partial charge in [0.25, 0.3) is 0 Å². The van der Waals surface area contributed by atoms with Crippen LogP contribution in [0.25, 0.3) is 10.8 Å². The maximum atomic E-state index is 3.74. The van der Waals surface area contributed by atoms with Crippen LogP contribution in [0.15, 0.2) is 42.5 Å².